The molecule has 3 heteroatoms. The van der Waals surface area contributed by atoms with Gasteiger partial charge in [0.2, 0.25) is 0 Å². The fraction of sp³-hybridized carbons (Fsp3) is 0.261. The van der Waals surface area contributed by atoms with E-state index < -0.39 is 0 Å². The van der Waals surface area contributed by atoms with Crippen molar-refractivity contribution < 1.29 is 0 Å². The van der Waals surface area contributed by atoms with Crippen LogP contribution >= 0.6 is 15.9 Å². The van der Waals surface area contributed by atoms with E-state index in [0.717, 1.165) is 27.5 Å². The Hall–Kier alpha value is -2.13. The van der Waals surface area contributed by atoms with Crippen molar-refractivity contribution in [3.63, 3.8) is 0 Å². The van der Waals surface area contributed by atoms with E-state index in [0.29, 0.717) is 0 Å². The molecule has 0 spiro atoms. The molecule has 0 amide bonds. The number of aliphatic imine (C=N–C) groups is 1. The van der Waals surface area contributed by atoms with Crippen LogP contribution in [0.4, 0.5) is 5.69 Å². The molecule has 0 bridgehead atoms. The number of hydrogen-bond donors (Lipinski definition) is 0. The van der Waals surface area contributed by atoms with Gasteiger partial charge in [-0.05, 0) is 72.9 Å². The maximum absolute atomic E-state index is 4.68. The first-order chi connectivity index (χ1) is 12.8. The minimum Gasteiger partial charge on any atom is -0.316 e. The van der Waals surface area contributed by atoms with Gasteiger partial charge in [0, 0.05) is 16.4 Å². The normalized spacial score (nSPS) is 15.6. The van der Waals surface area contributed by atoms with E-state index in [4.69, 9.17) is 0 Å². The molecule has 26 heavy (non-hydrogen) atoms. The van der Waals surface area contributed by atoms with Gasteiger partial charge in [-0.3, -0.25) is 4.99 Å². The molecule has 4 rings (SSSR count). The third kappa shape index (κ3) is 3.99. The second kappa shape index (κ2) is 8.05. The molecule has 1 aliphatic rings. The van der Waals surface area contributed by atoms with Crippen molar-refractivity contribution in [2.45, 2.75) is 38.0 Å². The number of halogens is 1. The lowest BCUT2D eigenvalue weighted by Crippen LogP contribution is -2.03. The SMILES string of the molecule is Brc1ccc(-n2cccc2C=Nc2ccc(C3CCCCC3)cc2)cc1. The zero-order valence-corrected chi connectivity index (χ0v) is 16.4. The Balaban J connectivity index is 1.50. The molecule has 0 N–H and O–H groups in total. The lowest BCUT2D eigenvalue weighted by Gasteiger charge is -2.21. The third-order valence-electron chi connectivity index (χ3n) is 5.20. The molecule has 132 valence electrons. The van der Waals surface area contributed by atoms with Gasteiger partial charge in [0.25, 0.3) is 0 Å². The summed E-state index contributed by atoms with van der Waals surface area (Å²) >= 11 is 3.49. The first-order valence-corrected chi connectivity index (χ1v) is 10.2. The second-order valence-electron chi connectivity index (χ2n) is 6.96. The van der Waals surface area contributed by atoms with E-state index in [1.165, 1.54) is 37.7 Å². The van der Waals surface area contributed by atoms with E-state index >= 15 is 0 Å². The summed E-state index contributed by atoms with van der Waals surface area (Å²) in [6.07, 6.45) is 10.8. The largest absolute Gasteiger partial charge is 0.316 e. The van der Waals surface area contributed by atoms with Crippen LogP contribution in [0.1, 0.15) is 49.3 Å². The van der Waals surface area contributed by atoms with Gasteiger partial charge in [0.15, 0.2) is 0 Å². The standard InChI is InChI=1S/C23H23BrN2/c24-20-10-14-22(15-11-20)26-16-4-7-23(26)17-25-21-12-8-19(9-13-21)18-5-2-1-3-6-18/h4,7-18H,1-3,5-6H2. The highest BCUT2D eigenvalue weighted by Gasteiger charge is 2.14. The van der Waals surface area contributed by atoms with Crippen molar-refractivity contribution in [2.24, 2.45) is 4.99 Å². The maximum atomic E-state index is 4.68. The quantitative estimate of drug-likeness (QED) is 0.413. The Morgan fingerprint density at radius 2 is 1.62 bits per heavy atom. The lowest BCUT2D eigenvalue weighted by molar-refractivity contribution is 0.443. The molecular weight excluding hydrogens is 384 g/mol. The molecule has 1 saturated carbocycles. The lowest BCUT2D eigenvalue weighted by atomic mass is 9.84. The van der Waals surface area contributed by atoms with Crippen molar-refractivity contribution in [3.8, 4) is 5.69 Å². The van der Waals surface area contributed by atoms with Gasteiger partial charge in [-0.15, -0.1) is 0 Å². The predicted molar refractivity (Wildman–Crippen MR) is 113 cm³/mol. The Morgan fingerprint density at radius 3 is 2.35 bits per heavy atom. The molecule has 0 radical (unpaired) electrons. The fourth-order valence-electron chi connectivity index (χ4n) is 3.75. The summed E-state index contributed by atoms with van der Waals surface area (Å²) in [6.45, 7) is 0. The highest BCUT2D eigenvalue weighted by molar-refractivity contribution is 9.10. The van der Waals surface area contributed by atoms with Crippen molar-refractivity contribution in [1.29, 1.82) is 0 Å². The molecule has 0 saturated heterocycles. The Kier molecular flexibility index (Phi) is 5.35. The van der Waals surface area contributed by atoms with Crippen molar-refractivity contribution >= 4 is 27.8 Å². The number of aromatic nitrogens is 1. The molecular formula is C23H23BrN2. The third-order valence-corrected chi connectivity index (χ3v) is 5.73. The number of benzene rings is 2. The van der Waals surface area contributed by atoms with Crippen LogP contribution in [0.3, 0.4) is 0 Å². The number of nitrogens with zero attached hydrogens (tertiary/aromatic N) is 2. The zero-order valence-electron chi connectivity index (χ0n) is 14.8. The van der Waals surface area contributed by atoms with Crippen LogP contribution < -0.4 is 0 Å². The van der Waals surface area contributed by atoms with Crippen LogP contribution in [0.15, 0.2) is 76.3 Å². The first kappa shape index (κ1) is 17.3. The van der Waals surface area contributed by atoms with E-state index in [1.54, 1.807) is 0 Å². The molecule has 0 unspecified atom stereocenters. The molecule has 1 heterocycles. The molecule has 0 atom stereocenters. The Labute approximate surface area is 163 Å². The molecule has 0 aliphatic heterocycles. The maximum Gasteiger partial charge on any atom is 0.0639 e. The summed E-state index contributed by atoms with van der Waals surface area (Å²) < 4.78 is 3.23. The van der Waals surface area contributed by atoms with E-state index in [2.05, 4.69) is 92.3 Å². The molecule has 1 fully saturated rings. The fourth-order valence-corrected chi connectivity index (χ4v) is 4.01. The van der Waals surface area contributed by atoms with Crippen LogP contribution in [0, 0.1) is 0 Å². The number of rotatable bonds is 4. The second-order valence-corrected chi connectivity index (χ2v) is 7.88. The molecule has 2 nitrogen and oxygen atoms in total. The van der Waals surface area contributed by atoms with Gasteiger partial charge in [-0.25, -0.2) is 0 Å². The molecule has 3 aromatic rings. The van der Waals surface area contributed by atoms with Gasteiger partial charge in [0.05, 0.1) is 17.6 Å². The summed E-state index contributed by atoms with van der Waals surface area (Å²) in [5, 5.41) is 0. The van der Waals surface area contributed by atoms with Crippen LogP contribution in [0.2, 0.25) is 0 Å². The summed E-state index contributed by atoms with van der Waals surface area (Å²) in [5.74, 6) is 0.747. The van der Waals surface area contributed by atoms with Crippen LogP contribution in [-0.2, 0) is 0 Å². The van der Waals surface area contributed by atoms with Gasteiger partial charge in [0.1, 0.15) is 0 Å². The van der Waals surface area contributed by atoms with Crippen LogP contribution in [0.25, 0.3) is 5.69 Å². The summed E-state index contributed by atoms with van der Waals surface area (Å²) in [5.41, 5.74) is 4.69. The predicted octanol–water partition coefficient (Wildman–Crippen LogP) is 7.04. The highest BCUT2D eigenvalue weighted by atomic mass is 79.9. The zero-order chi connectivity index (χ0) is 17.8. The van der Waals surface area contributed by atoms with E-state index in [-0.39, 0.29) is 0 Å². The molecule has 2 aromatic carbocycles. The van der Waals surface area contributed by atoms with Crippen molar-refractivity contribution in [2.75, 3.05) is 0 Å². The summed E-state index contributed by atoms with van der Waals surface area (Å²) in [7, 11) is 0. The van der Waals surface area contributed by atoms with Gasteiger partial charge in [-0.1, -0.05) is 47.3 Å². The monoisotopic (exact) mass is 406 g/mol. The first-order valence-electron chi connectivity index (χ1n) is 9.37. The average Bonchev–Trinajstić information content (AvgIpc) is 3.17. The van der Waals surface area contributed by atoms with Gasteiger partial charge < -0.3 is 4.57 Å². The van der Waals surface area contributed by atoms with Gasteiger partial charge >= 0.3 is 0 Å². The van der Waals surface area contributed by atoms with Gasteiger partial charge in [-0.2, -0.15) is 0 Å². The Morgan fingerprint density at radius 1 is 0.885 bits per heavy atom. The molecule has 1 aliphatic carbocycles. The highest BCUT2D eigenvalue weighted by Crippen LogP contribution is 2.33. The number of hydrogen-bond acceptors (Lipinski definition) is 1. The smallest absolute Gasteiger partial charge is 0.0639 e. The van der Waals surface area contributed by atoms with Crippen molar-refractivity contribution in [1.82, 2.24) is 4.57 Å². The minimum absolute atomic E-state index is 0.747. The van der Waals surface area contributed by atoms with E-state index in [1.807, 2.05) is 6.21 Å². The average molecular weight is 407 g/mol. The topological polar surface area (TPSA) is 17.3 Å². The van der Waals surface area contributed by atoms with E-state index in [9.17, 15) is 0 Å². The van der Waals surface area contributed by atoms with Crippen LogP contribution in [-0.4, -0.2) is 10.8 Å². The Bertz CT molecular complexity index is 869. The summed E-state index contributed by atoms with van der Waals surface area (Å²) in [6, 6.07) is 21.3. The van der Waals surface area contributed by atoms with Crippen molar-refractivity contribution in [3.05, 3.63) is 82.6 Å². The summed E-state index contributed by atoms with van der Waals surface area (Å²) in [4.78, 5) is 4.68. The minimum atomic E-state index is 0.747. The molecule has 1 aromatic heterocycles. The van der Waals surface area contributed by atoms with Crippen LogP contribution in [0.5, 0.6) is 0 Å².